The molecule has 3 N–H and O–H groups in total. The number of hydrogen-bond acceptors (Lipinski definition) is 4. The van der Waals surface area contributed by atoms with Gasteiger partial charge < -0.3 is 15.8 Å². The molecule has 0 aromatic rings. The molecule has 1 rings (SSSR count). The average Bonchev–Trinajstić information content (AvgIpc) is 2.30. The van der Waals surface area contributed by atoms with Crippen LogP contribution in [-0.2, 0) is 9.53 Å². The van der Waals surface area contributed by atoms with E-state index in [0.29, 0.717) is 13.0 Å². The van der Waals surface area contributed by atoms with Crippen LogP contribution in [0.2, 0.25) is 0 Å². The molecular formula is C12H25N3O2. The summed E-state index contributed by atoms with van der Waals surface area (Å²) >= 11 is 0. The van der Waals surface area contributed by atoms with Crippen LogP contribution < -0.4 is 11.1 Å². The molecule has 5 heteroatoms. The number of nitrogens with two attached hydrogens (primary N) is 1. The minimum Gasteiger partial charge on any atom is -0.379 e. The van der Waals surface area contributed by atoms with Crippen molar-refractivity contribution in [1.82, 2.24) is 10.2 Å². The highest BCUT2D eigenvalue weighted by atomic mass is 16.5. The lowest BCUT2D eigenvalue weighted by molar-refractivity contribution is -0.121. The lowest BCUT2D eigenvalue weighted by Gasteiger charge is -2.26. The molecule has 0 spiro atoms. The van der Waals surface area contributed by atoms with E-state index in [0.717, 1.165) is 45.7 Å². The molecule has 1 amide bonds. The summed E-state index contributed by atoms with van der Waals surface area (Å²) in [5, 5.41) is 2.92. The number of nitrogens with zero attached hydrogens (tertiary/aromatic N) is 1. The third-order valence-electron chi connectivity index (χ3n) is 2.96. The number of hydrogen-bond donors (Lipinski definition) is 2. The molecule has 0 aromatic carbocycles. The summed E-state index contributed by atoms with van der Waals surface area (Å²) in [6, 6.07) is 0.00314. The Kier molecular flexibility index (Phi) is 7.16. The van der Waals surface area contributed by atoms with Crippen LogP contribution >= 0.6 is 0 Å². The second kappa shape index (κ2) is 8.44. The van der Waals surface area contributed by atoms with Gasteiger partial charge in [-0.3, -0.25) is 9.69 Å². The maximum atomic E-state index is 11.5. The largest absolute Gasteiger partial charge is 0.379 e. The van der Waals surface area contributed by atoms with Gasteiger partial charge in [-0.15, -0.1) is 0 Å². The molecule has 17 heavy (non-hydrogen) atoms. The number of nitrogens with one attached hydrogen (secondary N) is 1. The molecule has 1 aliphatic heterocycles. The van der Waals surface area contributed by atoms with Crippen LogP contribution in [-0.4, -0.2) is 56.2 Å². The zero-order valence-electron chi connectivity index (χ0n) is 10.8. The SMILES string of the molecule is CCCC(N)CC(=O)NCCN1CCOCC1. The lowest BCUT2D eigenvalue weighted by Crippen LogP contribution is -2.42. The quantitative estimate of drug-likeness (QED) is 0.658. The van der Waals surface area contributed by atoms with Crippen LogP contribution in [0.4, 0.5) is 0 Å². The Morgan fingerprint density at radius 2 is 2.18 bits per heavy atom. The van der Waals surface area contributed by atoms with Gasteiger partial charge in [-0.1, -0.05) is 13.3 Å². The molecule has 5 nitrogen and oxygen atoms in total. The molecule has 1 saturated heterocycles. The molecular weight excluding hydrogens is 218 g/mol. The first-order chi connectivity index (χ1) is 8.22. The first-order valence-electron chi connectivity index (χ1n) is 6.54. The van der Waals surface area contributed by atoms with Gasteiger partial charge in [0.15, 0.2) is 0 Å². The summed E-state index contributed by atoms with van der Waals surface area (Å²) in [5.41, 5.74) is 5.81. The molecule has 0 aliphatic carbocycles. The van der Waals surface area contributed by atoms with Gasteiger partial charge in [-0.25, -0.2) is 0 Å². The van der Waals surface area contributed by atoms with Crippen LogP contribution in [0.25, 0.3) is 0 Å². The standard InChI is InChI=1S/C12H25N3O2/c1-2-3-11(13)10-12(16)14-4-5-15-6-8-17-9-7-15/h11H,2-10,13H2,1H3,(H,14,16). The number of carbonyl (C=O) groups is 1. The van der Waals surface area contributed by atoms with E-state index in [1.54, 1.807) is 0 Å². The Balaban J connectivity index is 2.03. The molecule has 1 fully saturated rings. The van der Waals surface area contributed by atoms with Gasteiger partial charge in [-0.05, 0) is 6.42 Å². The van der Waals surface area contributed by atoms with Crippen molar-refractivity contribution in [1.29, 1.82) is 0 Å². The van der Waals surface area contributed by atoms with E-state index >= 15 is 0 Å². The summed E-state index contributed by atoms with van der Waals surface area (Å²) in [5.74, 6) is 0.0687. The van der Waals surface area contributed by atoms with Crippen molar-refractivity contribution in [2.24, 2.45) is 5.73 Å². The molecule has 1 heterocycles. The van der Waals surface area contributed by atoms with E-state index in [9.17, 15) is 4.79 Å². The van der Waals surface area contributed by atoms with Gasteiger partial charge in [0, 0.05) is 38.6 Å². The van der Waals surface area contributed by atoms with E-state index < -0.39 is 0 Å². The van der Waals surface area contributed by atoms with Gasteiger partial charge in [-0.2, -0.15) is 0 Å². The van der Waals surface area contributed by atoms with Crippen LogP contribution in [0.15, 0.2) is 0 Å². The first kappa shape index (κ1) is 14.4. The number of amides is 1. The molecule has 0 radical (unpaired) electrons. The van der Waals surface area contributed by atoms with Crippen molar-refractivity contribution in [3.63, 3.8) is 0 Å². The van der Waals surface area contributed by atoms with Crippen molar-refractivity contribution in [2.75, 3.05) is 39.4 Å². The number of rotatable bonds is 7. The summed E-state index contributed by atoms with van der Waals surface area (Å²) < 4.78 is 5.26. The van der Waals surface area contributed by atoms with E-state index in [2.05, 4.69) is 17.1 Å². The van der Waals surface area contributed by atoms with Crippen molar-refractivity contribution < 1.29 is 9.53 Å². The fourth-order valence-corrected chi connectivity index (χ4v) is 1.96. The predicted octanol–water partition coefficient (Wildman–Crippen LogP) is -0.0477. The molecule has 0 saturated carbocycles. The molecule has 0 aromatic heterocycles. The summed E-state index contributed by atoms with van der Waals surface area (Å²) in [6.45, 7) is 7.22. The summed E-state index contributed by atoms with van der Waals surface area (Å²) in [4.78, 5) is 13.8. The third kappa shape index (κ3) is 6.61. The van der Waals surface area contributed by atoms with Gasteiger partial charge in [0.2, 0.25) is 5.91 Å². The van der Waals surface area contributed by atoms with Crippen LogP contribution in [0.1, 0.15) is 26.2 Å². The lowest BCUT2D eigenvalue weighted by atomic mass is 10.1. The molecule has 1 atom stereocenters. The topological polar surface area (TPSA) is 67.6 Å². The number of morpholine rings is 1. The van der Waals surface area contributed by atoms with Crippen LogP contribution in [0, 0.1) is 0 Å². The second-order valence-electron chi connectivity index (χ2n) is 4.56. The highest BCUT2D eigenvalue weighted by Gasteiger charge is 2.11. The Morgan fingerprint density at radius 3 is 2.82 bits per heavy atom. The van der Waals surface area contributed by atoms with E-state index in [1.165, 1.54) is 0 Å². The highest BCUT2D eigenvalue weighted by molar-refractivity contribution is 5.76. The smallest absolute Gasteiger partial charge is 0.221 e. The Labute approximate surface area is 104 Å². The molecule has 0 bridgehead atoms. The number of ether oxygens (including phenoxy) is 1. The molecule has 1 aliphatic rings. The van der Waals surface area contributed by atoms with Crippen LogP contribution in [0.3, 0.4) is 0 Å². The molecule has 1 unspecified atom stereocenters. The van der Waals surface area contributed by atoms with Gasteiger partial charge in [0.25, 0.3) is 0 Å². The Bertz CT molecular complexity index is 218. The predicted molar refractivity (Wildman–Crippen MR) is 67.8 cm³/mol. The van der Waals surface area contributed by atoms with E-state index in [-0.39, 0.29) is 11.9 Å². The van der Waals surface area contributed by atoms with Crippen molar-refractivity contribution in [2.45, 2.75) is 32.2 Å². The monoisotopic (exact) mass is 243 g/mol. The second-order valence-corrected chi connectivity index (χ2v) is 4.56. The average molecular weight is 243 g/mol. The Morgan fingerprint density at radius 1 is 1.47 bits per heavy atom. The minimum atomic E-state index is 0.00314. The maximum Gasteiger partial charge on any atom is 0.221 e. The summed E-state index contributed by atoms with van der Waals surface area (Å²) in [7, 11) is 0. The fraction of sp³-hybridized carbons (Fsp3) is 0.917. The van der Waals surface area contributed by atoms with Gasteiger partial charge in [0.1, 0.15) is 0 Å². The summed E-state index contributed by atoms with van der Waals surface area (Å²) in [6.07, 6.45) is 2.38. The van der Waals surface area contributed by atoms with Crippen LogP contribution in [0.5, 0.6) is 0 Å². The zero-order chi connectivity index (χ0) is 12.5. The van der Waals surface area contributed by atoms with E-state index in [4.69, 9.17) is 10.5 Å². The van der Waals surface area contributed by atoms with Crippen molar-refractivity contribution >= 4 is 5.91 Å². The highest BCUT2D eigenvalue weighted by Crippen LogP contribution is 1.98. The molecule has 100 valence electrons. The first-order valence-corrected chi connectivity index (χ1v) is 6.54. The van der Waals surface area contributed by atoms with Crippen molar-refractivity contribution in [3.8, 4) is 0 Å². The minimum absolute atomic E-state index is 0.00314. The normalized spacial score (nSPS) is 18.9. The fourth-order valence-electron chi connectivity index (χ4n) is 1.96. The van der Waals surface area contributed by atoms with Gasteiger partial charge >= 0.3 is 0 Å². The maximum absolute atomic E-state index is 11.5. The zero-order valence-corrected chi connectivity index (χ0v) is 10.8. The Hall–Kier alpha value is -0.650. The number of carbonyl (C=O) groups excluding carboxylic acids is 1. The van der Waals surface area contributed by atoms with E-state index in [1.807, 2.05) is 0 Å². The third-order valence-corrected chi connectivity index (χ3v) is 2.96. The van der Waals surface area contributed by atoms with Gasteiger partial charge in [0.05, 0.1) is 13.2 Å². The van der Waals surface area contributed by atoms with Crippen molar-refractivity contribution in [3.05, 3.63) is 0 Å².